The molecule has 0 radical (unpaired) electrons. The van der Waals surface area contributed by atoms with E-state index in [1.54, 1.807) is 4.90 Å². The van der Waals surface area contributed by atoms with E-state index in [1.165, 1.54) is 18.3 Å². The maximum atomic E-state index is 12.3. The molecule has 0 spiro atoms. The maximum absolute atomic E-state index is 12.3. The minimum Gasteiger partial charge on any atom is -0.369 e. The first-order valence-corrected chi connectivity index (χ1v) is 7.73. The molecule has 3 amide bonds. The summed E-state index contributed by atoms with van der Waals surface area (Å²) in [5.74, 6) is -0.847. The van der Waals surface area contributed by atoms with E-state index in [9.17, 15) is 14.4 Å². The summed E-state index contributed by atoms with van der Waals surface area (Å²) in [4.78, 5) is 37.4. The van der Waals surface area contributed by atoms with E-state index < -0.39 is 0 Å². The molecule has 0 aromatic carbocycles. The molecule has 114 valence electrons. The monoisotopic (exact) mass is 309 g/mol. The molecule has 1 aliphatic heterocycles. The first kappa shape index (κ1) is 15.5. The molecule has 1 fully saturated rings. The van der Waals surface area contributed by atoms with Crippen LogP contribution < -0.4 is 11.1 Å². The Morgan fingerprint density at radius 1 is 1.52 bits per heavy atom. The lowest BCUT2D eigenvalue weighted by Crippen LogP contribution is -2.35. The van der Waals surface area contributed by atoms with Crippen molar-refractivity contribution in [2.45, 2.75) is 25.8 Å². The second-order valence-corrected chi connectivity index (χ2v) is 6.18. The van der Waals surface area contributed by atoms with Gasteiger partial charge in [0.1, 0.15) is 0 Å². The molecule has 0 bridgehead atoms. The third kappa shape index (κ3) is 4.04. The number of hydrogen-bond donors (Lipinski definition) is 2. The molecule has 1 saturated heterocycles. The normalized spacial score (nSPS) is 19.3. The lowest BCUT2D eigenvalue weighted by Gasteiger charge is -2.21. The molecule has 2 atom stereocenters. The number of nitrogens with one attached hydrogen (secondary N) is 1. The van der Waals surface area contributed by atoms with Crippen LogP contribution in [0.25, 0.3) is 0 Å². The molecule has 7 heteroatoms. The van der Waals surface area contributed by atoms with Crippen LogP contribution in [0.3, 0.4) is 0 Å². The Hall–Kier alpha value is -1.89. The average molecular weight is 309 g/mol. The number of nitrogens with zero attached hydrogens (tertiary/aromatic N) is 1. The largest absolute Gasteiger partial charge is 0.369 e. The Morgan fingerprint density at radius 2 is 2.29 bits per heavy atom. The molecule has 1 aromatic rings. The van der Waals surface area contributed by atoms with Gasteiger partial charge in [-0.3, -0.25) is 14.4 Å². The second-order valence-electron chi connectivity index (χ2n) is 5.20. The standard InChI is InChI=1S/C14H19N3O3S/c1-9(18)16-11(12-3-2-6-21-12)7-13(19)17-5-4-10(8-17)14(15)20/h2-3,6,10-11H,4-5,7-8H2,1H3,(H2,15,20)(H,16,18)/t10-,11-/m0/s1. The van der Waals surface area contributed by atoms with Gasteiger partial charge in [-0.1, -0.05) is 6.07 Å². The third-order valence-corrected chi connectivity index (χ3v) is 4.57. The average Bonchev–Trinajstić information content (AvgIpc) is 3.09. The summed E-state index contributed by atoms with van der Waals surface area (Å²) in [6.45, 7) is 2.36. The molecule has 0 saturated carbocycles. The molecule has 0 unspecified atom stereocenters. The molecule has 6 nitrogen and oxygen atoms in total. The van der Waals surface area contributed by atoms with Crippen molar-refractivity contribution >= 4 is 29.1 Å². The molecule has 2 heterocycles. The van der Waals surface area contributed by atoms with Crippen LogP contribution in [0.15, 0.2) is 17.5 Å². The quantitative estimate of drug-likeness (QED) is 0.836. The van der Waals surface area contributed by atoms with E-state index in [4.69, 9.17) is 5.73 Å². The Kier molecular flexibility index (Phi) is 4.95. The van der Waals surface area contributed by atoms with Gasteiger partial charge in [-0.2, -0.15) is 0 Å². The van der Waals surface area contributed by atoms with Crippen molar-refractivity contribution in [3.05, 3.63) is 22.4 Å². The number of carbonyl (C=O) groups excluding carboxylic acids is 3. The van der Waals surface area contributed by atoms with Crippen LogP contribution in [-0.2, 0) is 14.4 Å². The van der Waals surface area contributed by atoms with Gasteiger partial charge in [0, 0.05) is 24.9 Å². The maximum Gasteiger partial charge on any atom is 0.225 e. The third-order valence-electron chi connectivity index (χ3n) is 3.59. The number of carbonyl (C=O) groups is 3. The number of likely N-dealkylation sites (tertiary alicyclic amines) is 1. The van der Waals surface area contributed by atoms with E-state index in [2.05, 4.69) is 5.32 Å². The van der Waals surface area contributed by atoms with Crippen LogP contribution in [0, 0.1) is 5.92 Å². The zero-order valence-electron chi connectivity index (χ0n) is 11.9. The van der Waals surface area contributed by atoms with Gasteiger partial charge in [-0.25, -0.2) is 0 Å². The number of amides is 3. The molecule has 1 aliphatic rings. The number of nitrogens with two attached hydrogens (primary N) is 1. The minimum absolute atomic E-state index is 0.0640. The molecular formula is C14H19N3O3S. The van der Waals surface area contributed by atoms with Crippen molar-refractivity contribution in [3.63, 3.8) is 0 Å². The summed E-state index contributed by atoms with van der Waals surface area (Å²) in [7, 11) is 0. The van der Waals surface area contributed by atoms with Gasteiger partial charge >= 0.3 is 0 Å². The van der Waals surface area contributed by atoms with E-state index in [0.717, 1.165) is 4.88 Å². The predicted octanol–water partition coefficient (Wildman–Crippen LogP) is 0.649. The van der Waals surface area contributed by atoms with E-state index in [1.807, 2.05) is 17.5 Å². The van der Waals surface area contributed by atoms with Gasteiger partial charge < -0.3 is 16.0 Å². The number of thiophene rings is 1. The molecule has 1 aromatic heterocycles. The van der Waals surface area contributed by atoms with Gasteiger partial charge in [0.2, 0.25) is 17.7 Å². The van der Waals surface area contributed by atoms with Crippen LogP contribution in [-0.4, -0.2) is 35.7 Å². The Labute approximate surface area is 127 Å². The van der Waals surface area contributed by atoms with E-state index in [0.29, 0.717) is 19.5 Å². The zero-order chi connectivity index (χ0) is 15.4. The summed E-state index contributed by atoms with van der Waals surface area (Å²) in [6, 6.07) is 3.47. The first-order chi connectivity index (χ1) is 9.97. The summed E-state index contributed by atoms with van der Waals surface area (Å²) < 4.78 is 0. The summed E-state index contributed by atoms with van der Waals surface area (Å²) in [5.41, 5.74) is 5.27. The Bertz CT molecular complexity index is 530. The van der Waals surface area contributed by atoms with Gasteiger partial charge in [0.25, 0.3) is 0 Å². The van der Waals surface area contributed by atoms with Crippen molar-refractivity contribution in [2.75, 3.05) is 13.1 Å². The fourth-order valence-electron chi connectivity index (χ4n) is 2.48. The Morgan fingerprint density at radius 3 is 2.81 bits per heavy atom. The highest BCUT2D eigenvalue weighted by atomic mass is 32.1. The molecule has 21 heavy (non-hydrogen) atoms. The lowest BCUT2D eigenvalue weighted by atomic mass is 10.1. The predicted molar refractivity (Wildman–Crippen MR) is 79.4 cm³/mol. The van der Waals surface area contributed by atoms with Crippen LogP contribution in [0.4, 0.5) is 0 Å². The smallest absolute Gasteiger partial charge is 0.225 e. The van der Waals surface area contributed by atoms with Crippen molar-refractivity contribution in [1.29, 1.82) is 0 Å². The highest BCUT2D eigenvalue weighted by Gasteiger charge is 2.31. The fraction of sp³-hybridized carbons (Fsp3) is 0.500. The van der Waals surface area contributed by atoms with E-state index >= 15 is 0 Å². The van der Waals surface area contributed by atoms with E-state index in [-0.39, 0.29) is 36.1 Å². The summed E-state index contributed by atoms with van der Waals surface area (Å²) in [6.07, 6.45) is 0.816. The van der Waals surface area contributed by atoms with Crippen molar-refractivity contribution in [1.82, 2.24) is 10.2 Å². The summed E-state index contributed by atoms with van der Waals surface area (Å²) in [5, 5.41) is 4.71. The van der Waals surface area contributed by atoms with Gasteiger partial charge in [-0.05, 0) is 17.9 Å². The van der Waals surface area contributed by atoms with Crippen LogP contribution in [0.5, 0.6) is 0 Å². The number of hydrogen-bond acceptors (Lipinski definition) is 4. The number of primary amides is 1. The SMILES string of the molecule is CC(=O)N[C@@H](CC(=O)N1CC[C@H](C(N)=O)C1)c1cccs1. The van der Waals surface area contributed by atoms with Gasteiger partial charge in [0.05, 0.1) is 18.4 Å². The molecule has 3 N–H and O–H groups in total. The van der Waals surface area contributed by atoms with Gasteiger partial charge in [0.15, 0.2) is 0 Å². The Balaban J connectivity index is 1.99. The number of rotatable bonds is 5. The van der Waals surface area contributed by atoms with Crippen molar-refractivity contribution in [2.24, 2.45) is 11.7 Å². The first-order valence-electron chi connectivity index (χ1n) is 6.85. The highest BCUT2D eigenvalue weighted by molar-refractivity contribution is 7.10. The fourth-order valence-corrected chi connectivity index (χ4v) is 3.26. The van der Waals surface area contributed by atoms with Crippen LogP contribution >= 0.6 is 11.3 Å². The molecule has 2 rings (SSSR count). The van der Waals surface area contributed by atoms with Crippen molar-refractivity contribution < 1.29 is 14.4 Å². The van der Waals surface area contributed by atoms with Crippen LogP contribution in [0.2, 0.25) is 0 Å². The lowest BCUT2D eigenvalue weighted by molar-refractivity contribution is -0.131. The second kappa shape index (κ2) is 6.71. The van der Waals surface area contributed by atoms with Crippen LogP contribution in [0.1, 0.15) is 30.7 Å². The van der Waals surface area contributed by atoms with Gasteiger partial charge in [-0.15, -0.1) is 11.3 Å². The van der Waals surface area contributed by atoms with Crippen molar-refractivity contribution in [3.8, 4) is 0 Å². The highest BCUT2D eigenvalue weighted by Crippen LogP contribution is 2.24. The topological polar surface area (TPSA) is 92.5 Å². The zero-order valence-corrected chi connectivity index (χ0v) is 12.7. The minimum atomic E-state index is -0.359. The summed E-state index contributed by atoms with van der Waals surface area (Å²) >= 11 is 1.50. The molecule has 0 aliphatic carbocycles. The molecular weight excluding hydrogens is 290 g/mol.